The lowest BCUT2D eigenvalue weighted by molar-refractivity contribution is 0.461. The molecule has 0 unspecified atom stereocenters. The first kappa shape index (κ1) is 19.4. The van der Waals surface area contributed by atoms with E-state index in [0.29, 0.717) is 12.2 Å². The third-order valence-corrected chi connectivity index (χ3v) is 5.25. The summed E-state index contributed by atoms with van der Waals surface area (Å²) in [5.41, 5.74) is 4.19. The lowest BCUT2D eigenvalue weighted by Crippen LogP contribution is -2.32. The lowest BCUT2D eigenvalue weighted by Gasteiger charge is -2.36. The topological polar surface area (TPSA) is 55.2 Å². The van der Waals surface area contributed by atoms with Crippen LogP contribution in [0.1, 0.15) is 22.3 Å². The second kappa shape index (κ2) is 8.55. The van der Waals surface area contributed by atoms with Gasteiger partial charge < -0.3 is 11.3 Å². The molecule has 0 amide bonds. The summed E-state index contributed by atoms with van der Waals surface area (Å²) in [5, 5.41) is 10.5. The number of phenolic OH excluding ortho intramolecular Hbond substituents is 1. The first-order valence-corrected chi connectivity index (χ1v) is 9.24. The minimum Gasteiger partial charge on any atom is -0.508 e. The number of aromatic hydroxyl groups is 1. The van der Waals surface area contributed by atoms with Crippen LogP contribution >= 0.6 is 0 Å². The molecular weight excluding hydrogens is 342 g/mol. The average Bonchev–Trinajstić information content (AvgIpc) is 2.75. The van der Waals surface area contributed by atoms with Gasteiger partial charge in [-0.2, -0.15) is 0 Å². The van der Waals surface area contributed by atoms with Gasteiger partial charge in [-0.15, -0.1) is 0 Å². The minimum atomic E-state index is -0.386. The summed E-state index contributed by atoms with van der Waals surface area (Å²) in [6.07, 6.45) is 0.678. The van der Waals surface area contributed by atoms with E-state index in [1.165, 1.54) is 16.7 Å². The Morgan fingerprint density at radius 2 is 0.857 bits per heavy atom. The maximum absolute atomic E-state index is 10.5. The Labute approximate surface area is 166 Å². The van der Waals surface area contributed by atoms with E-state index in [2.05, 4.69) is 72.8 Å². The highest BCUT2D eigenvalue weighted by Crippen LogP contribution is 2.43. The summed E-state index contributed by atoms with van der Waals surface area (Å²) < 4.78 is 0. The van der Waals surface area contributed by atoms with Gasteiger partial charge in [0, 0.05) is 5.41 Å². The molecule has 2 heteroatoms. The van der Waals surface area contributed by atoms with Crippen molar-refractivity contribution in [2.45, 2.75) is 11.8 Å². The maximum Gasteiger partial charge on any atom is 0.118 e. The van der Waals surface area contributed by atoms with Crippen molar-refractivity contribution in [3.05, 3.63) is 138 Å². The van der Waals surface area contributed by atoms with Gasteiger partial charge >= 0.3 is 0 Å². The first-order chi connectivity index (χ1) is 13.3. The Bertz CT molecular complexity index is 901. The molecule has 4 aromatic rings. The number of hydrogen-bond donors (Lipinski definition) is 2. The third kappa shape index (κ3) is 3.55. The predicted octanol–water partition coefficient (Wildman–Crippen LogP) is 6.13. The Kier molecular flexibility index (Phi) is 5.93. The van der Waals surface area contributed by atoms with Gasteiger partial charge in [-0.05, 0) is 34.7 Å². The molecule has 0 aliphatic heterocycles. The van der Waals surface area contributed by atoms with Gasteiger partial charge in [0.25, 0.3) is 0 Å². The van der Waals surface area contributed by atoms with Gasteiger partial charge in [0.15, 0.2) is 0 Å². The maximum atomic E-state index is 10.5. The monoisotopic (exact) mass is 367 g/mol. The Balaban J connectivity index is 0.00000225. The molecule has 0 saturated heterocycles. The van der Waals surface area contributed by atoms with E-state index in [0.717, 1.165) is 5.56 Å². The molecule has 4 rings (SSSR count). The van der Waals surface area contributed by atoms with Crippen LogP contribution in [0.3, 0.4) is 0 Å². The number of phenols is 1. The minimum absolute atomic E-state index is 0. The molecule has 0 heterocycles. The third-order valence-electron chi connectivity index (χ3n) is 5.25. The van der Waals surface area contributed by atoms with E-state index >= 15 is 0 Å². The highest BCUT2D eigenvalue weighted by molar-refractivity contribution is 5.53. The van der Waals surface area contributed by atoms with Crippen LogP contribution in [0.4, 0.5) is 0 Å². The predicted molar refractivity (Wildman–Crippen MR) is 116 cm³/mol. The second-order valence-corrected chi connectivity index (χ2v) is 6.81. The Morgan fingerprint density at radius 3 is 1.25 bits per heavy atom. The smallest absolute Gasteiger partial charge is 0.118 e. The van der Waals surface area contributed by atoms with Crippen molar-refractivity contribution < 1.29 is 5.11 Å². The number of benzene rings is 4. The zero-order chi connectivity index (χ0) is 18.5. The molecule has 2 nitrogen and oxygen atoms in total. The van der Waals surface area contributed by atoms with Crippen LogP contribution in [0, 0.1) is 0 Å². The van der Waals surface area contributed by atoms with E-state index in [4.69, 9.17) is 0 Å². The highest BCUT2D eigenvalue weighted by Gasteiger charge is 2.36. The molecule has 0 aliphatic rings. The molecular formula is C26H25NO. The van der Waals surface area contributed by atoms with E-state index in [1.807, 2.05) is 36.4 Å². The largest absolute Gasteiger partial charge is 0.508 e. The fourth-order valence-electron chi connectivity index (χ4n) is 3.92. The number of para-hydroxylation sites is 1. The molecule has 0 atom stereocenters. The molecule has 28 heavy (non-hydrogen) atoms. The molecule has 0 saturated carbocycles. The van der Waals surface area contributed by atoms with Crippen molar-refractivity contribution in [1.29, 1.82) is 0 Å². The van der Waals surface area contributed by atoms with Crippen molar-refractivity contribution in [1.82, 2.24) is 6.15 Å². The van der Waals surface area contributed by atoms with Crippen molar-refractivity contribution in [2.24, 2.45) is 0 Å². The summed E-state index contributed by atoms with van der Waals surface area (Å²) in [5.74, 6) is 0.338. The highest BCUT2D eigenvalue weighted by atomic mass is 16.3. The zero-order valence-corrected chi connectivity index (χ0v) is 15.8. The van der Waals surface area contributed by atoms with Gasteiger partial charge in [-0.25, -0.2) is 0 Å². The van der Waals surface area contributed by atoms with Crippen molar-refractivity contribution in [3.8, 4) is 5.75 Å². The number of rotatable bonds is 5. The fourth-order valence-corrected chi connectivity index (χ4v) is 3.92. The van der Waals surface area contributed by atoms with E-state index in [9.17, 15) is 5.11 Å². The number of hydrogen-bond acceptors (Lipinski definition) is 2. The van der Waals surface area contributed by atoms with E-state index in [-0.39, 0.29) is 11.6 Å². The van der Waals surface area contributed by atoms with E-state index in [1.54, 1.807) is 6.07 Å². The molecule has 0 aromatic heterocycles. The SMILES string of the molecule is N.Oc1ccccc1CC(c1ccccc1)(c1ccccc1)c1ccccc1. The summed E-state index contributed by atoms with van der Waals surface area (Å²) in [6.45, 7) is 0. The molecule has 0 spiro atoms. The molecule has 4 N–H and O–H groups in total. The molecule has 140 valence electrons. The second-order valence-electron chi connectivity index (χ2n) is 6.81. The Morgan fingerprint density at radius 1 is 0.500 bits per heavy atom. The van der Waals surface area contributed by atoms with Gasteiger partial charge in [0.05, 0.1) is 0 Å². The van der Waals surface area contributed by atoms with Crippen LogP contribution in [0.25, 0.3) is 0 Å². The standard InChI is InChI=1S/C26H22O.H3N/c27-25-19-11-10-12-21(25)20-26(22-13-4-1-5-14-22,23-15-6-2-7-16-23)24-17-8-3-9-18-24;/h1-19,27H,20H2;1H3. The van der Waals surface area contributed by atoms with Crippen molar-refractivity contribution in [2.75, 3.05) is 0 Å². The summed E-state index contributed by atoms with van der Waals surface area (Å²) in [7, 11) is 0. The van der Waals surface area contributed by atoms with Crippen molar-refractivity contribution >= 4 is 0 Å². The van der Waals surface area contributed by atoms with E-state index < -0.39 is 0 Å². The Hall–Kier alpha value is -3.36. The lowest BCUT2D eigenvalue weighted by atomic mass is 9.66. The first-order valence-electron chi connectivity index (χ1n) is 9.24. The average molecular weight is 367 g/mol. The fraction of sp³-hybridized carbons (Fsp3) is 0.0769. The van der Waals surface area contributed by atoms with Crippen LogP contribution in [0.2, 0.25) is 0 Å². The van der Waals surface area contributed by atoms with Gasteiger partial charge in [0.2, 0.25) is 0 Å². The molecule has 0 aliphatic carbocycles. The quantitative estimate of drug-likeness (QED) is 0.417. The summed E-state index contributed by atoms with van der Waals surface area (Å²) >= 11 is 0. The molecule has 0 radical (unpaired) electrons. The van der Waals surface area contributed by atoms with Crippen LogP contribution in [0.15, 0.2) is 115 Å². The van der Waals surface area contributed by atoms with Crippen LogP contribution < -0.4 is 6.15 Å². The van der Waals surface area contributed by atoms with Crippen molar-refractivity contribution in [3.63, 3.8) is 0 Å². The van der Waals surface area contributed by atoms with Gasteiger partial charge in [-0.1, -0.05) is 109 Å². The van der Waals surface area contributed by atoms with Crippen LogP contribution in [0.5, 0.6) is 5.75 Å². The summed E-state index contributed by atoms with van der Waals surface area (Å²) in [6, 6.07) is 39.4. The zero-order valence-electron chi connectivity index (χ0n) is 15.8. The summed E-state index contributed by atoms with van der Waals surface area (Å²) in [4.78, 5) is 0. The normalized spacial score (nSPS) is 10.9. The van der Waals surface area contributed by atoms with Gasteiger partial charge in [0.1, 0.15) is 5.75 Å². The molecule has 4 aromatic carbocycles. The van der Waals surface area contributed by atoms with Gasteiger partial charge in [-0.3, -0.25) is 0 Å². The molecule has 0 fully saturated rings. The van der Waals surface area contributed by atoms with Crippen LogP contribution in [-0.2, 0) is 11.8 Å². The molecule has 0 bridgehead atoms. The van der Waals surface area contributed by atoms with Crippen LogP contribution in [-0.4, -0.2) is 5.11 Å².